The predicted octanol–water partition coefficient (Wildman–Crippen LogP) is 3.04. The van der Waals surface area contributed by atoms with Gasteiger partial charge in [0.2, 0.25) is 0 Å². The van der Waals surface area contributed by atoms with Crippen molar-refractivity contribution >= 4 is 11.0 Å². The summed E-state index contributed by atoms with van der Waals surface area (Å²) in [4.78, 5) is 2.41. The average Bonchev–Trinajstić information content (AvgIpc) is 3.03. The second kappa shape index (κ2) is 5.98. The third kappa shape index (κ3) is 2.74. The van der Waals surface area contributed by atoms with E-state index in [9.17, 15) is 0 Å². The first-order valence-electron chi connectivity index (χ1n) is 7.66. The largest absolute Gasteiger partial charge is 0.461 e. The maximum absolute atomic E-state index is 5.94. The molecule has 1 aliphatic heterocycles. The molecule has 1 aromatic heterocycles. The minimum absolute atomic E-state index is 0.795. The molecule has 1 atom stereocenters. The van der Waals surface area contributed by atoms with Gasteiger partial charge in [-0.1, -0.05) is 25.1 Å². The highest BCUT2D eigenvalue weighted by atomic mass is 16.3. The molecule has 0 saturated carbocycles. The zero-order valence-electron chi connectivity index (χ0n) is 12.5. The Kier molecular flexibility index (Phi) is 4.08. The van der Waals surface area contributed by atoms with Crippen LogP contribution < -0.4 is 5.32 Å². The molecule has 0 aliphatic carbocycles. The van der Waals surface area contributed by atoms with Crippen LogP contribution in [0.2, 0.25) is 0 Å². The molecular formula is C17H24N2O. The summed E-state index contributed by atoms with van der Waals surface area (Å²) in [7, 11) is 2.21. The van der Waals surface area contributed by atoms with Crippen LogP contribution in [0.1, 0.15) is 24.7 Å². The van der Waals surface area contributed by atoms with Crippen molar-refractivity contribution in [3.63, 3.8) is 0 Å². The lowest BCUT2D eigenvalue weighted by Crippen LogP contribution is -2.24. The molecule has 1 aromatic carbocycles. The minimum Gasteiger partial charge on any atom is -0.461 e. The van der Waals surface area contributed by atoms with Gasteiger partial charge in [0, 0.05) is 30.5 Å². The molecule has 1 aliphatic rings. The summed E-state index contributed by atoms with van der Waals surface area (Å²) in [5, 5.41) is 4.89. The van der Waals surface area contributed by atoms with Gasteiger partial charge in [0.1, 0.15) is 11.3 Å². The molecule has 3 rings (SSSR count). The second-order valence-corrected chi connectivity index (χ2v) is 5.90. The number of nitrogens with zero attached hydrogens (tertiary/aromatic N) is 1. The van der Waals surface area contributed by atoms with E-state index in [1.54, 1.807) is 0 Å². The van der Waals surface area contributed by atoms with E-state index in [4.69, 9.17) is 4.42 Å². The smallest absolute Gasteiger partial charge is 0.134 e. The van der Waals surface area contributed by atoms with Gasteiger partial charge in [-0.3, -0.25) is 0 Å². The molecule has 1 saturated heterocycles. The Balaban J connectivity index is 1.67. The highest BCUT2D eigenvalue weighted by Crippen LogP contribution is 2.26. The number of hydrogen-bond donors (Lipinski definition) is 1. The number of likely N-dealkylation sites (tertiary alicyclic amines) is 1. The van der Waals surface area contributed by atoms with Crippen molar-refractivity contribution in [3.05, 3.63) is 35.6 Å². The van der Waals surface area contributed by atoms with Crippen molar-refractivity contribution in [3.8, 4) is 0 Å². The molecule has 3 heteroatoms. The monoisotopic (exact) mass is 272 g/mol. The van der Waals surface area contributed by atoms with Gasteiger partial charge in [-0.05, 0) is 38.5 Å². The van der Waals surface area contributed by atoms with Gasteiger partial charge in [-0.25, -0.2) is 0 Å². The summed E-state index contributed by atoms with van der Waals surface area (Å²) in [5.74, 6) is 1.92. The Morgan fingerprint density at radius 1 is 1.35 bits per heavy atom. The average molecular weight is 272 g/mol. The predicted molar refractivity (Wildman–Crippen MR) is 82.9 cm³/mol. The lowest BCUT2D eigenvalue weighted by molar-refractivity contribution is 0.388. The first-order valence-corrected chi connectivity index (χ1v) is 7.66. The summed E-state index contributed by atoms with van der Waals surface area (Å²) in [6.45, 7) is 6.64. The highest BCUT2D eigenvalue weighted by molar-refractivity contribution is 5.82. The molecule has 1 unspecified atom stereocenters. The fourth-order valence-corrected chi connectivity index (χ4v) is 3.22. The lowest BCUT2D eigenvalue weighted by Gasteiger charge is -2.11. The summed E-state index contributed by atoms with van der Waals surface area (Å²) >= 11 is 0. The van der Waals surface area contributed by atoms with E-state index in [0.717, 1.165) is 36.8 Å². The van der Waals surface area contributed by atoms with Crippen LogP contribution in [0.25, 0.3) is 11.0 Å². The fourth-order valence-electron chi connectivity index (χ4n) is 3.22. The Labute approximate surface area is 120 Å². The molecule has 0 amide bonds. The van der Waals surface area contributed by atoms with Gasteiger partial charge in [0.05, 0.1) is 0 Å². The number of fused-ring (bicyclic) bond motifs is 1. The molecule has 3 nitrogen and oxygen atoms in total. The maximum atomic E-state index is 5.94. The van der Waals surface area contributed by atoms with Gasteiger partial charge in [-0.15, -0.1) is 0 Å². The normalized spacial score (nSPS) is 20.0. The minimum atomic E-state index is 0.795. The summed E-state index contributed by atoms with van der Waals surface area (Å²) in [6.07, 6.45) is 2.27. The molecule has 20 heavy (non-hydrogen) atoms. The zero-order chi connectivity index (χ0) is 13.9. The number of furan rings is 1. The van der Waals surface area contributed by atoms with Gasteiger partial charge in [0.15, 0.2) is 0 Å². The Hall–Kier alpha value is -1.32. The number of rotatable bonds is 5. The standard InChI is InChI=1S/C17H24N2O/c1-3-16-15(14-6-4-5-7-17(14)20-16)11-18-10-13-8-9-19(2)12-13/h4-7,13,18H,3,8-12H2,1-2H3. The molecule has 108 valence electrons. The van der Waals surface area contributed by atoms with Crippen LogP contribution in [0.3, 0.4) is 0 Å². The van der Waals surface area contributed by atoms with Gasteiger partial charge < -0.3 is 14.6 Å². The van der Waals surface area contributed by atoms with E-state index in [1.807, 2.05) is 6.07 Å². The van der Waals surface area contributed by atoms with Crippen LogP contribution in [0, 0.1) is 5.92 Å². The first kappa shape index (κ1) is 13.7. The van der Waals surface area contributed by atoms with Crippen LogP contribution in [0.4, 0.5) is 0 Å². The second-order valence-electron chi connectivity index (χ2n) is 5.90. The van der Waals surface area contributed by atoms with Crippen molar-refractivity contribution in [2.45, 2.75) is 26.3 Å². The molecule has 0 radical (unpaired) electrons. The van der Waals surface area contributed by atoms with E-state index >= 15 is 0 Å². The van der Waals surface area contributed by atoms with Crippen molar-refractivity contribution in [2.75, 3.05) is 26.7 Å². The SMILES string of the molecule is CCc1oc2ccccc2c1CNCC1CCN(C)C1. The summed E-state index contributed by atoms with van der Waals surface area (Å²) in [5.41, 5.74) is 2.36. The lowest BCUT2D eigenvalue weighted by atomic mass is 10.1. The third-order valence-electron chi connectivity index (χ3n) is 4.33. The molecular weight excluding hydrogens is 248 g/mol. The maximum Gasteiger partial charge on any atom is 0.134 e. The van der Waals surface area contributed by atoms with Crippen LogP contribution >= 0.6 is 0 Å². The Morgan fingerprint density at radius 2 is 2.20 bits per heavy atom. The first-order chi connectivity index (χ1) is 9.78. The molecule has 2 aromatic rings. The van der Waals surface area contributed by atoms with E-state index in [0.29, 0.717) is 0 Å². The van der Waals surface area contributed by atoms with Crippen molar-refractivity contribution in [2.24, 2.45) is 5.92 Å². The topological polar surface area (TPSA) is 28.4 Å². The van der Waals surface area contributed by atoms with Crippen molar-refractivity contribution in [1.82, 2.24) is 10.2 Å². The number of benzene rings is 1. The van der Waals surface area contributed by atoms with Crippen LogP contribution in [-0.4, -0.2) is 31.6 Å². The Morgan fingerprint density at radius 3 is 2.95 bits per heavy atom. The van der Waals surface area contributed by atoms with E-state index < -0.39 is 0 Å². The Bertz CT molecular complexity index is 575. The van der Waals surface area contributed by atoms with Crippen LogP contribution in [0.15, 0.2) is 28.7 Å². The van der Waals surface area contributed by atoms with Crippen molar-refractivity contribution < 1.29 is 4.42 Å². The number of hydrogen-bond acceptors (Lipinski definition) is 3. The number of nitrogens with one attached hydrogen (secondary N) is 1. The van der Waals surface area contributed by atoms with Gasteiger partial charge >= 0.3 is 0 Å². The third-order valence-corrected chi connectivity index (χ3v) is 4.33. The van der Waals surface area contributed by atoms with Crippen LogP contribution in [-0.2, 0) is 13.0 Å². The molecule has 0 bridgehead atoms. The van der Waals surface area contributed by atoms with Gasteiger partial charge in [-0.2, -0.15) is 0 Å². The van der Waals surface area contributed by atoms with E-state index in [2.05, 4.69) is 42.4 Å². The zero-order valence-corrected chi connectivity index (χ0v) is 12.5. The summed E-state index contributed by atoms with van der Waals surface area (Å²) < 4.78 is 5.94. The number of para-hydroxylation sites is 1. The van der Waals surface area contributed by atoms with Gasteiger partial charge in [0.25, 0.3) is 0 Å². The highest BCUT2D eigenvalue weighted by Gasteiger charge is 2.19. The van der Waals surface area contributed by atoms with E-state index in [1.165, 1.54) is 30.5 Å². The number of aryl methyl sites for hydroxylation is 1. The molecule has 1 N–H and O–H groups in total. The molecule has 0 spiro atoms. The van der Waals surface area contributed by atoms with E-state index in [-0.39, 0.29) is 0 Å². The molecule has 2 heterocycles. The fraction of sp³-hybridized carbons (Fsp3) is 0.529. The summed E-state index contributed by atoms with van der Waals surface area (Å²) in [6, 6.07) is 8.35. The van der Waals surface area contributed by atoms with Crippen LogP contribution in [0.5, 0.6) is 0 Å². The molecule has 1 fully saturated rings. The van der Waals surface area contributed by atoms with Crippen molar-refractivity contribution in [1.29, 1.82) is 0 Å². The quantitative estimate of drug-likeness (QED) is 0.907.